The first-order chi connectivity index (χ1) is 14.5. The van der Waals surface area contributed by atoms with Gasteiger partial charge in [0.05, 0.1) is 35.6 Å². The number of piperidine rings is 1. The molecule has 1 aromatic heterocycles. The van der Waals surface area contributed by atoms with Gasteiger partial charge >= 0.3 is 6.18 Å². The van der Waals surface area contributed by atoms with Gasteiger partial charge in [0, 0.05) is 37.0 Å². The van der Waals surface area contributed by atoms with E-state index in [1.807, 2.05) is 43.0 Å². The molecule has 4 N–H and O–H groups in total. The summed E-state index contributed by atoms with van der Waals surface area (Å²) in [6, 6.07) is 4.60. The first-order valence-electron chi connectivity index (χ1n) is 10.2. The molecule has 0 bridgehead atoms. The molecular weight excluding hydrogens is 409 g/mol. The van der Waals surface area contributed by atoms with Crippen molar-refractivity contribution in [2.45, 2.75) is 57.1 Å². The van der Waals surface area contributed by atoms with E-state index in [9.17, 15) is 18.3 Å². The monoisotopic (exact) mass is 436 g/mol. The average Bonchev–Trinajstić information content (AvgIpc) is 3.29. The van der Waals surface area contributed by atoms with Crippen LogP contribution < -0.4 is 16.3 Å². The second-order valence-electron chi connectivity index (χ2n) is 8.46. The predicted octanol–water partition coefficient (Wildman–Crippen LogP) is 2.44. The summed E-state index contributed by atoms with van der Waals surface area (Å²) in [4.78, 5) is 0. The van der Waals surface area contributed by atoms with Crippen molar-refractivity contribution in [2.75, 3.05) is 0 Å². The normalized spacial score (nSPS) is 26.7. The Kier molecular flexibility index (Phi) is 5.48. The van der Waals surface area contributed by atoms with E-state index < -0.39 is 17.3 Å². The number of aliphatic hydroxyl groups is 1. The number of benzene rings is 1. The molecular formula is C21H27F3N6O. The van der Waals surface area contributed by atoms with Crippen LogP contribution in [0.4, 0.5) is 13.2 Å². The number of halogens is 3. The quantitative estimate of drug-likeness (QED) is 0.590. The van der Waals surface area contributed by atoms with Gasteiger partial charge in [0.1, 0.15) is 0 Å². The lowest BCUT2D eigenvalue weighted by Gasteiger charge is -2.41. The minimum absolute atomic E-state index is 0.0247. The van der Waals surface area contributed by atoms with Gasteiger partial charge in [-0.3, -0.25) is 9.69 Å². The Morgan fingerprint density at radius 2 is 1.94 bits per heavy atom. The minimum Gasteiger partial charge on any atom is -0.385 e. The molecule has 1 aromatic carbocycles. The van der Waals surface area contributed by atoms with Gasteiger partial charge in [-0.25, -0.2) is 0 Å². The van der Waals surface area contributed by atoms with Gasteiger partial charge in [0.15, 0.2) is 0 Å². The highest BCUT2D eigenvalue weighted by atomic mass is 19.4. The fourth-order valence-electron chi connectivity index (χ4n) is 4.31. The highest BCUT2D eigenvalue weighted by Gasteiger charge is 2.41. The van der Waals surface area contributed by atoms with Crippen LogP contribution in [0, 0.1) is 6.92 Å². The van der Waals surface area contributed by atoms with Crippen LogP contribution in [0.3, 0.4) is 0 Å². The fourth-order valence-corrected chi connectivity index (χ4v) is 4.31. The molecule has 4 rings (SSSR count). The molecule has 2 aliphatic rings. The molecule has 3 heterocycles. The molecule has 2 aromatic rings. The van der Waals surface area contributed by atoms with Gasteiger partial charge in [-0.05, 0) is 38.0 Å². The third-order valence-corrected chi connectivity index (χ3v) is 6.11. The highest BCUT2D eigenvalue weighted by Crippen LogP contribution is 2.38. The van der Waals surface area contributed by atoms with Crippen molar-refractivity contribution in [3.05, 3.63) is 64.7 Å². The second-order valence-corrected chi connectivity index (χ2v) is 8.46. The van der Waals surface area contributed by atoms with Crippen molar-refractivity contribution in [1.29, 1.82) is 0 Å². The summed E-state index contributed by atoms with van der Waals surface area (Å²) in [5.74, 6) is 0. The lowest BCUT2D eigenvalue weighted by Crippen LogP contribution is -2.53. The molecule has 3 atom stereocenters. The van der Waals surface area contributed by atoms with Crippen molar-refractivity contribution in [1.82, 2.24) is 31.1 Å². The molecule has 168 valence electrons. The number of hydrogen-bond donors (Lipinski definition) is 4. The smallest absolute Gasteiger partial charge is 0.385 e. The number of aryl methyl sites for hydroxylation is 1. The summed E-state index contributed by atoms with van der Waals surface area (Å²) in [7, 11) is 1.89. The third-order valence-electron chi connectivity index (χ3n) is 6.11. The zero-order valence-electron chi connectivity index (χ0n) is 17.7. The van der Waals surface area contributed by atoms with E-state index in [0.717, 1.165) is 29.1 Å². The summed E-state index contributed by atoms with van der Waals surface area (Å²) in [5, 5.41) is 21.0. The van der Waals surface area contributed by atoms with Crippen LogP contribution in [0.25, 0.3) is 0 Å². The largest absolute Gasteiger partial charge is 0.416 e. The Bertz CT molecular complexity index is 970. The van der Waals surface area contributed by atoms with Crippen molar-refractivity contribution in [3.63, 3.8) is 0 Å². The Morgan fingerprint density at radius 3 is 2.55 bits per heavy atom. The first kappa shape index (κ1) is 21.7. The van der Waals surface area contributed by atoms with Crippen molar-refractivity contribution in [3.8, 4) is 0 Å². The fraction of sp³-hybridized carbons (Fsp3) is 0.476. The molecule has 0 radical (unpaired) electrons. The van der Waals surface area contributed by atoms with Gasteiger partial charge in [-0.1, -0.05) is 12.1 Å². The number of hydrazine groups is 2. The molecule has 0 amide bonds. The van der Waals surface area contributed by atoms with E-state index in [-0.39, 0.29) is 12.1 Å². The van der Waals surface area contributed by atoms with Crippen molar-refractivity contribution >= 4 is 0 Å². The summed E-state index contributed by atoms with van der Waals surface area (Å²) in [6.07, 6.45) is 0.116. The second kappa shape index (κ2) is 7.85. The number of alkyl halides is 3. The van der Waals surface area contributed by atoms with E-state index in [0.29, 0.717) is 24.9 Å². The van der Waals surface area contributed by atoms with E-state index >= 15 is 0 Å². The first-order valence-corrected chi connectivity index (χ1v) is 10.2. The van der Waals surface area contributed by atoms with E-state index in [2.05, 4.69) is 21.4 Å². The Balaban J connectivity index is 1.50. The third kappa shape index (κ3) is 4.41. The molecule has 0 aliphatic carbocycles. The molecule has 0 saturated carbocycles. The zero-order valence-corrected chi connectivity index (χ0v) is 17.7. The highest BCUT2D eigenvalue weighted by molar-refractivity contribution is 5.31. The molecule has 10 heteroatoms. The Hall–Kier alpha value is -2.56. The van der Waals surface area contributed by atoms with Gasteiger partial charge in [-0.15, -0.1) is 5.53 Å². The summed E-state index contributed by atoms with van der Waals surface area (Å²) >= 11 is 0. The van der Waals surface area contributed by atoms with E-state index in [4.69, 9.17) is 0 Å². The predicted molar refractivity (Wildman–Crippen MR) is 109 cm³/mol. The Labute approximate surface area is 178 Å². The Morgan fingerprint density at radius 1 is 1.23 bits per heavy atom. The molecule has 2 aliphatic heterocycles. The lowest BCUT2D eigenvalue weighted by molar-refractivity contribution is -0.137. The lowest BCUT2D eigenvalue weighted by atomic mass is 9.78. The van der Waals surface area contributed by atoms with Crippen molar-refractivity contribution < 1.29 is 18.3 Å². The number of nitrogens with zero attached hydrogens (tertiary/aromatic N) is 3. The number of nitrogens with one attached hydrogen (secondary N) is 3. The van der Waals surface area contributed by atoms with Crippen LogP contribution >= 0.6 is 0 Å². The maximum absolute atomic E-state index is 12.9. The van der Waals surface area contributed by atoms with Gasteiger partial charge in [-0.2, -0.15) is 18.3 Å². The van der Waals surface area contributed by atoms with Gasteiger partial charge in [0.25, 0.3) is 0 Å². The molecule has 1 saturated heterocycles. The van der Waals surface area contributed by atoms with Crippen LogP contribution in [-0.4, -0.2) is 32.0 Å². The molecule has 1 unspecified atom stereocenters. The molecule has 0 spiro atoms. The summed E-state index contributed by atoms with van der Waals surface area (Å²) in [5.41, 5.74) is 7.82. The maximum atomic E-state index is 12.9. The number of rotatable bonds is 4. The summed E-state index contributed by atoms with van der Waals surface area (Å²) < 4.78 is 40.5. The number of hydrogen-bond acceptors (Lipinski definition) is 6. The van der Waals surface area contributed by atoms with E-state index in [1.54, 1.807) is 0 Å². The topological polar surface area (TPSA) is 77.4 Å². The molecule has 31 heavy (non-hydrogen) atoms. The van der Waals surface area contributed by atoms with Gasteiger partial charge < -0.3 is 15.8 Å². The SMILES string of the molecule is Cc1c(CN2C=C([C@@H]3CC(O)(c4ccc(C(F)(F)F)cc4)C[C@H](C)N3)NN2)cnn1C. The molecule has 1 fully saturated rings. The van der Waals surface area contributed by atoms with Crippen LogP contribution in [-0.2, 0) is 25.4 Å². The van der Waals surface area contributed by atoms with E-state index in [1.165, 1.54) is 12.1 Å². The zero-order chi connectivity index (χ0) is 22.4. The standard InChI is InChI=1S/C21H27F3N6O/c1-13-8-20(31,16-4-6-17(7-5-16)21(22,23)24)9-18(26-13)19-12-30(28-27-19)11-15-10-25-29(3)14(15)2/h4-7,10,12-13,18,26-28,31H,8-9,11H2,1-3H3/t13-,18-,20?/m0/s1. The van der Waals surface area contributed by atoms with Crippen LogP contribution in [0.5, 0.6) is 0 Å². The number of aromatic nitrogens is 2. The van der Waals surface area contributed by atoms with Crippen LogP contribution in [0.15, 0.2) is 42.4 Å². The van der Waals surface area contributed by atoms with Crippen LogP contribution in [0.2, 0.25) is 0 Å². The summed E-state index contributed by atoms with van der Waals surface area (Å²) in [6.45, 7) is 4.58. The van der Waals surface area contributed by atoms with Crippen LogP contribution in [0.1, 0.15) is 42.1 Å². The average molecular weight is 436 g/mol. The molecule has 7 nitrogen and oxygen atoms in total. The van der Waals surface area contributed by atoms with Crippen molar-refractivity contribution in [2.24, 2.45) is 7.05 Å². The van der Waals surface area contributed by atoms with Gasteiger partial charge in [0.2, 0.25) is 0 Å². The maximum Gasteiger partial charge on any atom is 0.416 e. The minimum atomic E-state index is -4.40.